The van der Waals surface area contributed by atoms with Gasteiger partial charge < -0.3 is 18.9 Å². The van der Waals surface area contributed by atoms with Gasteiger partial charge in [-0.1, -0.05) is 43.2 Å². The highest BCUT2D eigenvalue weighted by molar-refractivity contribution is 5.94. The average molecular weight is 605 g/mol. The maximum absolute atomic E-state index is 14.3. The maximum Gasteiger partial charge on any atom is 0.343 e. The number of rotatable bonds is 11. The van der Waals surface area contributed by atoms with E-state index in [1.54, 1.807) is 30.3 Å². The van der Waals surface area contributed by atoms with Crippen LogP contribution < -0.4 is 9.47 Å². The monoisotopic (exact) mass is 604 g/mol. The van der Waals surface area contributed by atoms with Gasteiger partial charge in [-0.15, -0.1) is 0 Å². The van der Waals surface area contributed by atoms with Crippen molar-refractivity contribution in [3.63, 3.8) is 0 Å². The lowest BCUT2D eigenvalue weighted by Gasteiger charge is -2.09. The molecule has 4 aromatic rings. The third-order valence-corrected chi connectivity index (χ3v) is 6.03. The van der Waals surface area contributed by atoms with Gasteiger partial charge in [-0.05, 0) is 83.1 Å². The number of esters is 3. The van der Waals surface area contributed by atoms with Crippen molar-refractivity contribution in [3.8, 4) is 23.3 Å². The lowest BCUT2D eigenvalue weighted by molar-refractivity contribution is -0.144. The highest BCUT2D eigenvalue weighted by Gasteiger charge is 2.12. The van der Waals surface area contributed by atoms with E-state index in [4.69, 9.17) is 14.2 Å². The van der Waals surface area contributed by atoms with Gasteiger partial charge in [-0.2, -0.15) is 0 Å². The fraction of sp³-hybridized carbons (Fsp3) is 0.0556. The fourth-order valence-corrected chi connectivity index (χ4v) is 3.73. The molecule has 0 saturated heterocycles. The number of halogens is 1. The molecule has 0 N–H and O–H groups in total. The second kappa shape index (κ2) is 15.3. The van der Waals surface area contributed by atoms with E-state index in [-0.39, 0.29) is 29.5 Å². The van der Waals surface area contributed by atoms with E-state index < -0.39 is 30.5 Å². The number of benzene rings is 4. The largest absolute Gasteiger partial charge is 0.454 e. The first kappa shape index (κ1) is 31.7. The summed E-state index contributed by atoms with van der Waals surface area (Å²) in [4.78, 5) is 46.5. The molecule has 0 aliphatic rings. The summed E-state index contributed by atoms with van der Waals surface area (Å²) in [5.41, 5.74) is 2.47. The fourth-order valence-electron chi connectivity index (χ4n) is 3.73. The van der Waals surface area contributed by atoms with Gasteiger partial charge in [0.15, 0.2) is 24.0 Å². The van der Waals surface area contributed by atoms with Crippen LogP contribution in [-0.4, -0.2) is 37.1 Å². The Morgan fingerprint density at radius 3 is 2.20 bits per heavy atom. The van der Waals surface area contributed by atoms with Crippen LogP contribution in [0.5, 0.6) is 11.5 Å². The third-order valence-electron chi connectivity index (χ3n) is 6.03. The van der Waals surface area contributed by atoms with Gasteiger partial charge in [0.1, 0.15) is 5.75 Å². The van der Waals surface area contributed by atoms with Gasteiger partial charge in [0.2, 0.25) is 6.79 Å². The molecular formula is C36H25FO8. The molecule has 0 aliphatic carbocycles. The molecule has 0 aromatic heterocycles. The van der Waals surface area contributed by atoms with Crippen LogP contribution in [0.4, 0.5) is 4.39 Å². The normalized spacial score (nSPS) is 10.3. The molecule has 4 rings (SSSR count). The van der Waals surface area contributed by atoms with Crippen molar-refractivity contribution in [2.45, 2.75) is 0 Å². The van der Waals surface area contributed by atoms with Crippen molar-refractivity contribution in [2.75, 3.05) is 13.4 Å². The SMILES string of the molecule is C=CC(=O)COC(=O)/C=C/c1ccc2cc(C#Cc3ccc(C(=O)Oc4ccc(OCOC(=O)C=C)c(F)c4)cc3)ccc2c1. The van der Waals surface area contributed by atoms with Crippen LogP contribution in [0.3, 0.4) is 0 Å². The third kappa shape index (κ3) is 9.36. The molecule has 224 valence electrons. The molecule has 0 amide bonds. The molecule has 0 fully saturated rings. The first-order valence-electron chi connectivity index (χ1n) is 13.3. The highest BCUT2D eigenvalue weighted by Crippen LogP contribution is 2.24. The van der Waals surface area contributed by atoms with Crippen LogP contribution in [0.2, 0.25) is 0 Å². The Bertz CT molecular complexity index is 1880. The average Bonchev–Trinajstić information content (AvgIpc) is 3.06. The quantitative estimate of drug-likeness (QED) is 0.0678. The van der Waals surface area contributed by atoms with E-state index in [9.17, 15) is 23.6 Å². The minimum atomic E-state index is -0.803. The van der Waals surface area contributed by atoms with Crippen LogP contribution in [0, 0.1) is 17.7 Å². The van der Waals surface area contributed by atoms with Crippen molar-refractivity contribution in [3.05, 3.63) is 138 Å². The first-order chi connectivity index (χ1) is 21.7. The summed E-state index contributed by atoms with van der Waals surface area (Å²) in [6.07, 6.45) is 4.90. The van der Waals surface area contributed by atoms with Crippen LogP contribution in [0.25, 0.3) is 16.8 Å². The Labute approximate surface area is 258 Å². The zero-order chi connectivity index (χ0) is 32.2. The van der Waals surface area contributed by atoms with Crippen molar-refractivity contribution in [2.24, 2.45) is 0 Å². The minimum Gasteiger partial charge on any atom is -0.454 e. The zero-order valence-electron chi connectivity index (χ0n) is 23.8. The summed E-state index contributed by atoms with van der Waals surface area (Å²) in [6, 6.07) is 21.4. The van der Waals surface area contributed by atoms with Gasteiger partial charge in [0.25, 0.3) is 0 Å². The number of carbonyl (C=O) groups is 4. The minimum absolute atomic E-state index is 0.0318. The summed E-state index contributed by atoms with van der Waals surface area (Å²) in [7, 11) is 0. The Balaban J connectivity index is 1.34. The number of fused-ring (bicyclic) bond motifs is 1. The zero-order valence-corrected chi connectivity index (χ0v) is 23.8. The van der Waals surface area contributed by atoms with E-state index >= 15 is 0 Å². The molecule has 0 heterocycles. The van der Waals surface area contributed by atoms with E-state index in [2.05, 4.69) is 29.7 Å². The first-order valence-corrected chi connectivity index (χ1v) is 13.3. The van der Waals surface area contributed by atoms with Gasteiger partial charge in [0.05, 0.1) is 5.56 Å². The summed E-state index contributed by atoms with van der Waals surface area (Å²) in [6.45, 7) is 5.72. The second-order valence-corrected chi connectivity index (χ2v) is 9.17. The maximum atomic E-state index is 14.3. The summed E-state index contributed by atoms with van der Waals surface area (Å²) in [5.74, 6) is 2.73. The predicted octanol–water partition coefficient (Wildman–Crippen LogP) is 5.97. The molecule has 0 unspecified atom stereocenters. The topological polar surface area (TPSA) is 105 Å². The lowest BCUT2D eigenvalue weighted by atomic mass is 10.0. The molecule has 45 heavy (non-hydrogen) atoms. The number of carbonyl (C=O) groups excluding carboxylic acids is 4. The summed E-state index contributed by atoms with van der Waals surface area (Å²) in [5, 5.41) is 1.89. The smallest absolute Gasteiger partial charge is 0.343 e. The van der Waals surface area contributed by atoms with Crippen LogP contribution in [0.15, 0.2) is 110 Å². The van der Waals surface area contributed by atoms with Crippen molar-refractivity contribution < 1.29 is 42.5 Å². The molecule has 0 spiro atoms. The number of hydrogen-bond donors (Lipinski definition) is 0. The van der Waals surface area contributed by atoms with Gasteiger partial charge in [-0.3, -0.25) is 4.79 Å². The second-order valence-electron chi connectivity index (χ2n) is 9.17. The number of ketones is 1. The van der Waals surface area contributed by atoms with E-state index in [0.717, 1.165) is 40.1 Å². The standard InChI is InChI=1S/C36H25FO8/c1-3-30(38)22-42-35(40)18-11-26-10-15-28-19-25(9-14-29(28)20-26)6-5-24-7-12-27(13-8-24)36(41)45-31-16-17-33(32(37)21-31)43-23-44-34(39)4-2/h3-4,7-21H,1-2,22-23H2/b18-11+. The van der Waals surface area contributed by atoms with Gasteiger partial charge >= 0.3 is 17.9 Å². The molecule has 4 aromatic carbocycles. The van der Waals surface area contributed by atoms with Crippen molar-refractivity contribution >= 4 is 40.5 Å². The van der Waals surface area contributed by atoms with E-state index in [1.165, 1.54) is 18.2 Å². The summed E-state index contributed by atoms with van der Waals surface area (Å²) >= 11 is 0. The number of ether oxygens (including phenoxy) is 4. The Hall–Kier alpha value is -6.27. The number of hydrogen-bond acceptors (Lipinski definition) is 8. The predicted molar refractivity (Wildman–Crippen MR) is 165 cm³/mol. The molecule has 8 nitrogen and oxygen atoms in total. The van der Waals surface area contributed by atoms with E-state index in [1.807, 2.05) is 36.4 Å². The molecule has 0 saturated carbocycles. The van der Waals surface area contributed by atoms with Gasteiger partial charge in [0, 0.05) is 29.3 Å². The highest BCUT2D eigenvalue weighted by atomic mass is 19.1. The molecule has 0 atom stereocenters. The van der Waals surface area contributed by atoms with Crippen molar-refractivity contribution in [1.29, 1.82) is 0 Å². The molecule has 0 aliphatic heterocycles. The van der Waals surface area contributed by atoms with Crippen LogP contribution in [0.1, 0.15) is 27.0 Å². The molecule has 0 radical (unpaired) electrons. The van der Waals surface area contributed by atoms with Crippen LogP contribution >= 0.6 is 0 Å². The Morgan fingerprint density at radius 2 is 1.47 bits per heavy atom. The molecule has 9 heteroatoms. The van der Waals surface area contributed by atoms with Crippen LogP contribution in [-0.2, 0) is 23.9 Å². The van der Waals surface area contributed by atoms with E-state index in [0.29, 0.717) is 5.56 Å². The lowest BCUT2D eigenvalue weighted by Crippen LogP contribution is -2.10. The summed E-state index contributed by atoms with van der Waals surface area (Å²) < 4.78 is 34.0. The van der Waals surface area contributed by atoms with Gasteiger partial charge in [-0.25, -0.2) is 18.8 Å². The Kier molecular flexibility index (Phi) is 10.7. The molecular weight excluding hydrogens is 579 g/mol. The van der Waals surface area contributed by atoms with Crippen molar-refractivity contribution in [1.82, 2.24) is 0 Å². The Morgan fingerprint density at radius 1 is 0.756 bits per heavy atom. The molecule has 0 bridgehead atoms.